The van der Waals surface area contributed by atoms with Crippen LogP contribution in [0.15, 0.2) is 42.5 Å². The van der Waals surface area contributed by atoms with E-state index >= 15 is 0 Å². The van der Waals surface area contributed by atoms with E-state index in [0.717, 1.165) is 30.0 Å². The van der Waals surface area contributed by atoms with Gasteiger partial charge in [0.1, 0.15) is 18.2 Å². The molecule has 0 bridgehead atoms. The Hall–Kier alpha value is -2.32. The van der Waals surface area contributed by atoms with Gasteiger partial charge in [0.25, 0.3) is 0 Å². The van der Waals surface area contributed by atoms with Gasteiger partial charge < -0.3 is 4.74 Å². The number of carbonyl (C=O) groups is 1. The Kier molecular flexibility index (Phi) is 6.22. The molecule has 0 saturated carbocycles. The Labute approximate surface area is 144 Å². The lowest BCUT2D eigenvalue weighted by Crippen LogP contribution is -2.24. The summed E-state index contributed by atoms with van der Waals surface area (Å²) in [7, 11) is -3.23. The first-order valence-electron chi connectivity index (χ1n) is 7.38. The molecule has 0 atom stereocenters. The number of hydrogen-bond acceptors (Lipinski definition) is 4. The Morgan fingerprint density at radius 1 is 1.04 bits per heavy atom. The molecule has 0 saturated heterocycles. The van der Waals surface area contributed by atoms with E-state index in [1.807, 2.05) is 0 Å². The molecule has 0 spiro atoms. The highest BCUT2D eigenvalue weighted by molar-refractivity contribution is 7.88. The normalized spacial score (nSPS) is 11.3. The summed E-state index contributed by atoms with van der Waals surface area (Å²) in [6, 6.07) is 9.38. The molecule has 0 heterocycles. The standard InChI is InChI=1S/C17H17F2NO4S/c1-25(22,23)20-7-6-12-2-4-14(5-3-12)17(21)24-11-13-8-15(18)10-16(19)9-13/h2-5,8-10,20H,6-7,11H2,1H3. The molecule has 0 fully saturated rings. The number of halogens is 2. The van der Waals surface area contributed by atoms with Crippen molar-refractivity contribution in [3.8, 4) is 0 Å². The van der Waals surface area contributed by atoms with Crippen LogP contribution < -0.4 is 4.72 Å². The number of ether oxygens (including phenoxy) is 1. The first-order valence-corrected chi connectivity index (χ1v) is 9.28. The zero-order chi connectivity index (χ0) is 18.4. The van der Waals surface area contributed by atoms with Gasteiger partial charge in [0.05, 0.1) is 11.8 Å². The van der Waals surface area contributed by atoms with Gasteiger partial charge in [-0.2, -0.15) is 0 Å². The second-order valence-electron chi connectivity index (χ2n) is 5.47. The largest absolute Gasteiger partial charge is 0.457 e. The predicted molar refractivity (Wildman–Crippen MR) is 88.5 cm³/mol. The van der Waals surface area contributed by atoms with Gasteiger partial charge >= 0.3 is 5.97 Å². The maximum absolute atomic E-state index is 13.1. The van der Waals surface area contributed by atoms with Crippen molar-refractivity contribution in [3.05, 3.63) is 70.8 Å². The van der Waals surface area contributed by atoms with Crippen molar-refractivity contribution in [2.75, 3.05) is 12.8 Å². The Balaban J connectivity index is 1.89. The summed E-state index contributed by atoms with van der Waals surface area (Å²) in [6.07, 6.45) is 1.56. The fourth-order valence-corrected chi connectivity index (χ4v) is 2.59. The fraction of sp³-hybridized carbons (Fsp3) is 0.235. The zero-order valence-electron chi connectivity index (χ0n) is 13.5. The van der Waals surface area contributed by atoms with Crippen LogP contribution in [0.4, 0.5) is 8.78 Å². The third-order valence-electron chi connectivity index (χ3n) is 3.26. The quantitative estimate of drug-likeness (QED) is 0.761. The first-order chi connectivity index (χ1) is 11.7. The predicted octanol–water partition coefficient (Wildman–Crippen LogP) is 2.41. The second-order valence-corrected chi connectivity index (χ2v) is 7.30. The maximum Gasteiger partial charge on any atom is 0.338 e. The number of esters is 1. The number of carbonyl (C=O) groups excluding carboxylic acids is 1. The van der Waals surface area contributed by atoms with Crippen LogP contribution in [0.1, 0.15) is 21.5 Å². The monoisotopic (exact) mass is 369 g/mol. The molecule has 25 heavy (non-hydrogen) atoms. The summed E-state index contributed by atoms with van der Waals surface area (Å²) >= 11 is 0. The summed E-state index contributed by atoms with van der Waals surface area (Å²) in [4.78, 5) is 11.9. The van der Waals surface area contributed by atoms with Crippen molar-refractivity contribution >= 4 is 16.0 Å². The molecular weight excluding hydrogens is 352 g/mol. The summed E-state index contributed by atoms with van der Waals surface area (Å²) in [6.45, 7) is 0.0152. The number of hydrogen-bond donors (Lipinski definition) is 1. The van der Waals surface area contributed by atoms with Crippen molar-refractivity contribution in [2.45, 2.75) is 13.0 Å². The molecule has 134 valence electrons. The van der Waals surface area contributed by atoms with E-state index in [4.69, 9.17) is 4.74 Å². The van der Waals surface area contributed by atoms with Gasteiger partial charge in [0, 0.05) is 12.6 Å². The second kappa shape index (κ2) is 8.17. The van der Waals surface area contributed by atoms with Crippen molar-refractivity contribution in [1.82, 2.24) is 4.72 Å². The minimum atomic E-state index is -3.23. The summed E-state index contributed by atoms with van der Waals surface area (Å²) in [5.41, 5.74) is 1.35. The van der Waals surface area contributed by atoms with Gasteiger partial charge in [-0.25, -0.2) is 26.7 Å². The summed E-state index contributed by atoms with van der Waals surface area (Å²) in [5, 5.41) is 0. The van der Waals surface area contributed by atoms with Gasteiger partial charge in [-0.3, -0.25) is 0 Å². The van der Waals surface area contributed by atoms with Crippen LogP contribution in [0.25, 0.3) is 0 Å². The van der Waals surface area contributed by atoms with Crippen molar-refractivity contribution in [1.29, 1.82) is 0 Å². The van der Waals surface area contributed by atoms with E-state index in [1.54, 1.807) is 24.3 Å². The maximum atomic E-state index is 13.1. The van der Waals surface area contributed by atoms with Gasteiger partial charge in [-0.15, -0.1) is 0 Å². The lowest BCUT2D eigenvalue weighted by atomic mass is 10.1. The molecule has 1 N–H and O–H groups in total. The van der Waals surface area contributed by atoms with Crippen molar-refractivity contribution in [3.63, 3.8) is 0 Å². The molecule has 0 radical (unpaired) electrons. The lowest BCUT2D eigenvalue weighted by molar-refractivity contribution is 0.0472. The Morgan fingerprint density at radius 3 is 2.20 bits per heavy atom. The molecule has 2 aromatic rings. The number of sulfonamides is 1. The van der Waals surface area contributed by atoms with Gasteiger partial charge in [0.2, 0.25) is 10.0 Å². The van der Waals surface area contributed by atoms with E-state index in [0.29, 0.717) is 6.42 Å². The van der Waals surface area contributed by atoms with Crippen molar-refractivity contribution in [2.24, 2.45) is 0 Å². The third-order valence-corrected chi connectivity index (χ3v) is 3.99. The van der Waals surface area contributed by atoms with E-state index in [1.165, 1.54) is 0 Å². The highest BCUT2D eigenvalue weighted by Crippen LogP contribution is 2.11. The van der Waals surface area contributed by atoms with E-state index in [-0.39, 0.29) is 24.3 Å². The van der Waals surface area contributed by atoms with Gasteiger partial charge in [0.15, 0.2) is 0 Å². The molecule has 2 aromatic carbocycles. The number of nitrogens with one attached hydrogen (secondary N) is 1. The van der Waals surface area contributed by atoms with Gasteiger partial charge in [-0.05, 0) is 41.8 Å². The smallest absolute Gasteiger partial charge is 0.338 e. The van der Waals surface area contributed by atoms with Crippen LogP contribution in [-0.2, 0) is 27.8 Å². The number of benzene rings is 2. The molecule has 0 aliphatic rings. The minimum Gasteiger partial charge on any atom is -0.457 e. The highest BCUT2D eigenvalue weighted by atomic mass is 32.2. The fourth-order valence-electron chi connectivity index (χ4n) is 2.11. The van der Waals surface area contributed by atoms with E-state index < -0.39 is 27.6 Å². The van der Waals surface area contributed by atoms with E-state index in [2.05, 4.69) is 4.72 Å². The van der Waals surface area contributed by atoms with Crippen LogP contribution in [0, 0.1) is 11.6 Å². The topological polar surface area (TPSA) is 72.5 Å². The molecule has 0 amide bonds. The lowest BCUT2D eigenvalue weighted by Gasteiger charge is -2.07. The zero-order valence-corrected chi connectivity index (χ0v) is 14.3. The Bertz CT molecular complexity index is 831. The SMILES string of the molecule is CS(=O)(=O)NCCc1ccc(C(=O)OCc2cc(F)cc(F)c2)cc1. The average Bonchev–Trinajstić information content (AvgIpc) is 2.51. The molecule has 0 aliphatic carbocycles. The first kappa shape index (κ1) is 19.0. The summed E-state index contributed by atoms with van der Waals surface area (Å²) < 4.78 is 55.5. The molecule has 0 unspecified atom stereocenters. The third kappa shape index (κ3) is 6.60. The van der Waals surface area contributed by atoms with Gasteiger partial charge in [-0.1, -0.05) is 12.1 Å². The molecule has 0 aromatic heterocycles. The summed E-state index contributed by atoms with van der Waals surface area (Å²) in [5.74, 6) is -2.10. The van der Waals surface area contributed by atoms with Crippen LogP contribution in [-0.4, -0.2) is 27.2 Å². The molecular formula is C17H17F2NO4S. The molecule has 5 nitrogen and oxygen atoms in total. The number of rotatable bonds is 7. The molecule has 0 aliphatic heterocycles. The van der Waals surface area contributed by atoms with Crippen LogP contribution in [0.3, 0.4) is 0 Å². The van der Waals surface area contributed by atoms with E-state index in [9.17, 15) is 22.0 Å². The Morgan fingerprint density at radius 2 is 1.64 bits per heavy atom. The molecule has 2 rings (SSSR count). The average molecular weight is 369 g/mol. The minimum absolute atomic E-state index is 0.217. The molecule has 8 heteroatoms. The van der Waals surface area contributed by atoms with Crippen LogP contribution in [0.5, 0.6) is 0 Å². The van der Waals surface area contributed by atoms with Crippen LogP contribution in [0.2, 0.25) is 0 Å². The van der Waals surface area contributed by atoms with Crippen molar-refractivity contribution < 1.29 is 26.7 Å². The highest BCUT2D eigenvalue weighted by Gasteiger charge is 2.09. The van der Waals surface area contributed by atoms with Crippen LogP contribution >= 0.6 is 0 Å².